The van der Waals surface area contributed by atoms with E-state index in [-0.39, 0.29) is 19.1 Å². The van der Waals surface area contributed by atoms with Crippen LogP contribution in [0.15, 0.2) is 91.0 Å². The van der Waals surface area contributed by atoms with E-state index in [9.17, 15) is 14.4 Å². The zero-order valence-electron chi connectivity index (χ0n) is 20.8. The molecule has 0 unspecified atom stereocenters. The molecule has 3 aromatic rings. The maximum Gasteiger partial charge on any atom is 0.408 e. The smallest absolute Gasteiger partial charge is 0.408 e. The van der Waals surface area contributed by atoms with E-state index >= 15 is 0 Å². The van der Waals surface area contributed by atoms with Crippen LogP contribution in [-0.2, 0) is 25.7 Å². The van der Waals surface area contributed by atoms with Crippen molar-refractivity contribution >= 4 is 18.0 Å². The summed E-state index contributed by atoms with van der Waals surface area (Å²) in [5.74, 6) is -1.39. The van der Waals surface area contributed by atoms with Gasteiger partial charge in [-0.05, 0) is 29.5 Å². The fourth-order valence-electron chi connectivity index (χ4n) is 3.53. The Labute approximate surface area is 211 Å². The van der Waals surface area contributed by atoms with E-state index < -0.39 is 29.6 Å². The van der Waals surface area contributed by atoms with Crippen LogP contribution < -0.4 is 10.6 Å². The number of hydrogen-bond acceptors (Lipinski definition) is 5. The molecule has 0 aliphatic carbocycles. The Hall–Kier alpha value is -4.13. The van der Waals surface area contributed by atoms with E-state index in [0.717, 1.165) is 16.7 Å². The van der Waals surface area contributed by atoms with Gasteiger partial charge in [0.25, 0.3) is 0 Å². The molecule has 0 bridgehead atoms. The van der Waals surface area contributed by atoms with Gasteiger partial charge in [0.15, 0.2) is 6.10 Å². The lowest BCUT2D eigenvalue weighted by Crippen LogP contribution is -2.60. The summed E-state index contributed by atoms with van der Waals surface area (Å²) >= 11 is 0. The van der Waals surface area contributed by atoms with Crippen molar-refractivity contribution < 1.29 is 23.9 Å². The number of nitrogens with one attached hydrogen (secondary N) is 2. The molecular weight excluding hydrogens is 456 g/mol. The van der Waals surface area contributed by atoms with Crippen molar-refractivity contribution in [3.8, 4) is 0 Å². The minimum Gasteiger partial charge on any atom is -0.451 e. The Morgan fingerprint density at radius 1 is 0.806 bits per heavy atom. The van der Waals surface area contributed by atoms with Gasteiger partial charge in [0.05, 0.1) is 0 Å². The molecule has 0 aromatic heterocycles. The molecule has 0 saturated heterocycles. The van der Waals surface area contributed by atoms with Gasteiger partial charge in [0.1, 0.15) is 18.7 Å². The number of esters is 1. The molecule has 36 heavy (non-hydrogen) atoms. The lowest BCUT2D eigenvalue weighted by atomic mass is 9.87. The van der Waals surface area contributed by atoms with Crippen molar-refractivity contribution in [1.29, 1.82) is 0 Å². The summed E-state index contributed by atoms with van der Waals surface area (Å²) in [7, 11) is 0. The number of carbonyl (C=O) groups is 3. The van der Waals surface area contributed by atoms with Crippen molar-refractivity contribution in [2.24, 2.45) is 5.92 Å². The van der Waals surface area contributed by atoms with Gasteiger partial charge in [-0.15, -0.1) is 0 Å². The maximum atomic E-state index is 13.1. The topological polar surface area (TPSA) is 93.7 Å². The molecule has 2 N–H and O–H groups in total. The van der Waals surface area contributed by atoms with Crippen LogP contribution in [0.5, 0.6) is 0 Å². The standard InChI is InChI=1S/C29H32N2O5/c1-21(2)29(3,31-28(34)35-20-22-13-7-4-8-14-22)27(33)30-19-25(32)36-26(23-15-9-5-10-16-23)24-17-11-6-12-18-24/h4-18,21,26H,19-20H2,1-3H3,(H,30,33)(H,31,34)/t29-/m0/s1. The van der Waals surface area contributed by atoms with Crippen LogP contribution in [0.3, 0.4) is 0 Å². The predicted octanol–water partition coefficient (Wildman–Crippen LogP) is 4.78. The third kappa shape index (κ3) is 7.18. The molecule has 0 saturated carbocycles. The first-order valence-electron chi connectivity index (χ1n) is 11.9. The molecule has 3 rings (SSSR count). The second kappa shape index (κ2) is 12.5. The average molecular weight is 489 g/mol. The maximum absolute atomic E-state index is 13.1. The molecule has 0 aliphatic rings. The molecule has 0 spiro atoms. The van der Waals surface area contributed by atoms with E-state index in [1.54, 1.807) is 20.8 Å². The van der Waals surface area contributed by atoms with Gasteiger partial charge in [-0.25, -0.2) is 4.79 Å². The third-order valence-corrected chi connectivity index (χ3v) is 6.05. The molecule has 7 nitrogen and oxygen atoms in total. The van der Waals surface area contributed by atoms with Gasteiger partial charge in [-0.3, -0.25) is 9.59 Å². The van der Waals surface area contributed by atoms with Crippen molar-refractivity contribution in [3.63, 3.8) is 0 Å². The lowest BCUT2D eigenvalue weighted by molar-refractivity contribution is -0.148. The van der Waals surface area contributed by atoms with E-state index in [2.05, 4.69) is 10.6 Å². The number of benzene rings is 3. The number of alkyl carbamates (subject to hydrolysis) is 1. The Balaban J connectivity index is 1.60. The van der Waals surface area contributed by atoms with Crippen molar-refractivity contribution in [2.75, 3.05) is 6.54 Å². The number of hydrogen-bond donors (Lipinski definition) is 2. The summed E-state index contributed by atoms with van der Waals surface area (Å²) in [6, 6.07) is 28.0. The van der Waals surface area contributed by atoms with E-state index in [4.69, 9.17) is 9.47 Å². The summed E-state index contributed by atoms with van der Waals surface area (Å²) in [5.41, 5.74) is 1.17. The highest BCUT2D eigenvalue weighted by Crippen LogP contribution is 2.26. The van der Waals surface area contributed by atoms with E-state index in [0.29, 0.717) is 0 Å². The summed E-state index contributed by atoms with van der Waals surface area (Å²) in [5, 5.41) is 5.26. The van der Waals surface area contributed by atoms with Crippen molar-refractivity contribution in [2.45, 2.75) is 39.0 Å². The number of carbonyl (C=O) groups excluding carboxylic acids is 3. The molecule has 188 valence electrons. The van der Waals surface area contributed by atoms with Gasteiger partial charge in [-0.2, -0.15) is 0 Å². The first-order valence-corrected chi connectivity index (χ1v) is 11.9. The molecular formula is C29H32N2O5. The SMILES string of the molecule is CC(C)[C@](C)(NC(=O)OCc1ccccc1)C(=O)NCC(=O)OC(c1ccccc1)c1ccccc1. The Morgan fingerprint density at radius 3 is 1.81 bits per heavy atom. The fourth-order valence-corrected chi connectivity index (χ4v) is 3.53. The molecule has 0 radical (unpaired) electrons. The van der Waals surface area contributed by atoms with Gasteiger partial charge < -0.3 is 20.1 Å². The largest absolute Gasteiger partial charge is 0.451 e. The molecule has 7 heteroatoms. The summed E-state index contributed by atoms with van der Waals surface area (Å²) in [6.45, 7) is 4.93. The highest BCUT2D eigenvalue weighted by atomic mass is 16.6. The molecule has 0 heterocycles. The molecule has 1 atom stereocenters. The Kier molecular flexibility index (Phi) is 9.22. The average Bonchev–Trinajstić information content (AvgIpc) is 2.90. The van der Waals surface area contributed by atoms with Crippen LogP contribution in [0.25, 0.3) is 0 Å². The highest BCUT2D eigenvalue weighted by Gasteiger charge is 2.39. The third-order valence-electron chi connectivity index (χ3n) is 6.05. The zero-order valence-corrected chi connectivity index (χ0v) is 20.8. The minimum absolute atomic E-state index is 0.0785. The van der Waals surface area contributed by atoms with Crippen LogP contribution in [0.1, 0.15) is 43.6 Å². The number of ether oxygens (including phenoxy) is 2. The fraction of sp³-hybridized carbons (Fsp3) is 0.276. The van der Waals surface area contributed by atoms with Crippen LogP contribution in [0.2, 0.25) is 0 Å². The first-order chi connectivity index (χ1) is 17.3. The van der Waals surface area contributed by atoms with Gasteiger partial charge in [0.2, 0.25) is 5.91 Å². The normalized spacial score (nSPS) is 12.5. The zero-order chi connectivity index (χ0) is 26.0. The summed E-state index contributed by atoms with van der Waals surface area (Å²) in [4.78, 5) is 38.2. The van der Waals surface area contributed by atoms with E-state index in [1.807, 2.05) is 91.0 Å². The monoisotopic (exact) mass is 488 g/mol. The summed E-state index contributed by atoms with van der Waals surface area (Å²) < 4.78 is 11.0. The summed E-state index contributed by atoms with van der Waals surface area (Å²) in [6.07, 6.45) is -1.33. The van der Waals surface area contributed by atoms with Crippen LogP contribution >= 0.6 is 0 Å². The second-order valence-corrected chi connectivity index (χ2v) is 8.92. The Morgan fingerprint density at radius 2 is 1.31 bits per heavy atom. The Bertz CT molecular complexity index is 1100. The van der Waals surface area contributed by atoms with Crippen molar-refractivity contribution in [3.05, 3.63) is 108 Å². The molecule has 3 aromatic carbocycles. The minimum atomic E-state index is -1.30. The second-order valence-electron chi connectivity index (χ2n) is 8.92. The number of amides is 2. The first kappa shape index (κ1) is 26.5. The molecule has 0 fully saturated rings. The van der Waals surface area contributed by atoms with E-state index in [1.165, 1.54) is 0 Å². The van der Waals surface area contributed by atoms with Gasteiger partial charge in [-0.1, -0.05) is 105 Å². The highest BCUT2D eigenvalue weighted by molar-refractivity contribution is 5.92. The quantitative estimate of drug-likeness (QED) is 0.401. The molecule has 2 amide bonds. The van der Waals surface area contributed by atoms with Gasteiger partial charge in [0, 0.05) is 0 Å². The molecule has 0 aliphatic heterocycles. The van der Waals surface area contributed by atoms with Crippen LogP contribution in [0, 0.1) is 5.92 Å². The van der Waals surface area contributed by atoms with Crippen LogP contribution in [-0.4, -0.2) is 30.1 Å². The lowest BCUT2D eigenvalue weighted by Gasteiger charge is -2.32. The van der Waals surface area contributed by atoms with Crippen molar-refractivity contribution in [1.82, 2.24) is 10.6 Å². The predicted molar refractivity (Wildman–Crippen MR) is 137 cm³/mol. The van der Waals surface area contributed by atoms with Gasteiger partial charge >= 0.3 is 12.1 Å². The van der Waals surface area contributed by atoms with Crippen LogP contribution in [0.4, 0.5) is 4.79 Å². The number of rotatable bonds is 10.